The lowest BCUT2D eigenvalue weighted by atomic mass is 10.3. The van der Waals surface area contributed by atoms with E-state index in [1.807, 2.05) is 0 Å². The summed E-state index contributed by atoms with van der Waals surface area (Å²) in [5, 5.41) is 9.58. The van der Waals surface area contributed by atoms with E-state index in [1.165, 1.54) is 0 Å². The number of halogens is 2. The normalized spacial score (nSPS) is 10.4. The molecular formula is C16H14Cl2O6. The molecule has 0 saturated heterocycles. The third-order valence-corrected chi connectivity index (χ3v) is 3.70. The molecule has 6 nitrogen and oxygen atoms in total. The van der Waals surface area contributed by atoms with Crippen LogP contribution in [0.1, 0.15) is 23.4 Å². The fourth-order valence-electron chi connectivity index (χ4n) is 1.76. The van der Waals surface area contributed by atoms with Crippen molar-refractivity contribution in [2.75, 3.05) is 13.2 Å². The number of unbranched alkanes of at least 4 members (excludes halogenated alkanes) is 1. The fraction of sp³-hybridized carbons (Fsp3) is 0.250. The minimum Gasteiger partial charge on any atom is -0.494 e. The monoisotopic (exact) mass is 372 g/mol. The first-order valence-electron chi connectivity index (χ1n) is 7.04. The topological polar surface area (TPSA) is 86.0 Å². The van der Waals surface area contributed by atoms with E-state index in [9.17, 15) is 9.59 Å². The number of hydrogen-bond acceptors (Lipinski definition) is 5. The van der Waals surface area contributed by atoms with Crippen molar-refractivity contribution in [3.05, 3.63) is 56.6 Å². The maximum atomic E-state index is 11.6. The standard InChI is InChI=1S/C16H14Cl2O6/c17-11-4-3-10(7-12(11)18)22-5-1-2-6-23-15-9-24-14(16(20)21)8-13(15)19/h3-4,7-9H,1-2,5-6H2,(H,20,21). The van der Waals surface area contributed by atoms with E-state index in [0.29, 0.717) is 35.2 Å². The van der Waals surface area contributed by atoms with Crippen LogP contribution in [0, 0.1) is 0 Å². The predicted molar refractivity (Wildman–Crippen MR) is 88.6 cm³/mol. The smallest absolute Gasteiger partial charge is 0.371 e. The second-order valence-corrected chi connectivity index (χ2v) is 5.57. The van der Waals surface area contributed by atoms with Gasteiger partial charge in [-0.25, -0.2) is 4.79 Å². The second kappa shape index (κ2) is 8.61. The summed E-state index contributed by atoms with van der Waals surface area (Å²) in [6.07, 6.45) is 2.33. The molecular weight excluding hydrogens is 359 g/mol. The minimum absolute atomic E-state index is 0.0228. The van der Waals surface area contributed by atoms with Gasteiger partial charge in [-0.05, 0) is 25.0 Å². The highest BCUT2D eigenvalue weighted by atomic mass is 35.5. The molecule has 1 heterocycles. The number of carbonyl (C=O) groups is 1. The molecule has 0 radical (unpaired) electrons. The van der Waals surface area contributed by atoms with Crippen molar-refractivity contribution in [3.63, 3.8) is 0 Å². The van der Waals surface area contributed by atoms with Crippen LogP contribution in [0.5, 0.6) is 11.5 Å². The Kier molecular flexibility index (Phi) is 6.52. The average molecular weight is 373 g/mol. The van der Waals surface area contributed by atoms with Gasteiger partial charge in [0.05, 0.1) is 23.3 Å². The lowest BCUT2D eigenvalue weighted by Crippen LogP contribution is -2.11. The van der Waals surface area contributed by atoms with Gasteiger partial charge in [0, 0.05) is 12.1 Å². The molecule has 0 aliphatic rings. The molecule has 0 saturated carbocycles. The Morgan fingerprint density at radius 2 is 1.79 bits per heavy atom. The first kappa shape index (κ1) is 18.2. The Morgan fingerprint density at radius 1 is 1.08 bits per heavy atom. The molecule has 0 atom stereocenters. The van der Waals surface area contributed by atoms with E-state index in [4.69, 9.17) is 42.2 Å². The Balaban J connectivity index is 1.70. The van der Waals surface area contributed by atoms with Gasteiger partial charge in [-0.15, -0.1) is 0 Å². The summed E-state index contributed by atoms with van der Waals surface area (Å²) >= 11 is 11.7. The molecule has 2 aromatic rings. The molecule has 1 aromatic carbocycles. The van der Waals surface area contributed by atoms with E-state index in [-0.39, 0.29) is 12.4 Å². The van der Waals surface area contributed by atoms with Gasteiger partial charge in [0.2, 0.25) is 16.9 Å². The Bertz CT molecular complexity index is 771. The highest BCUT2D eigenvalue weighted by molar-refractivity contribution is 6.42. The predicted octanol–water partition coefficient (Wildman–Crippen LogP) is 3.88. The molecule has 2 rings (SSSR count). The zero-order valence-electron chi connectivity index (χ0n) is 12.5. The summed E-state index contributed by atoms with van der Waals surface area (Å²) in [6.45, 7) is 0.732. The molecule has 0 aliphatic heterocycles. The first-order chi connectivity index (χ1) is 11.5. The van der Waals surface area contributed by atoms with E-state index in [2.05, 4.69) is 0 Å². The molecule has 0 aliphatic carbocycles. The molecule has 0 bridgehead atoms. The molecule has 128 valence electrons. The van der Waals surface area contributed by atoms with Crippen molar-refractivity contribution >= 4 is 29.2 Å². The lowest BCUT2D eigenvalue weighted by molar-refractivity contribution is 0.0658. The highest BCUT2D eigenvalue weighted by Gasteiger charge is 2.10. The Labute approximate surface area is 147 Å². The van der Waals surface area contributed by atoms with Crippen LogP contribution in [0.3, 0.4) is 0 Å². The van der Waals surface area contributed by atoms with Crippen molar-refractivity contribution in [2.24, 2.45) is 0 Å². The molecule has 1 N–H and O–H groups in total. The Hall–Kier alpha value is -2.18. The number of carboxylic acid groups (broad SMARTS) is 1. The zero-order chi connectivity index (χ0) is 17.5. The third-order valence-electron chi connectivity index (χ3n) is 2.96. The first-order valence-corrected chi connectivity index (χ1v) is 7.80. The van der Waals surface area contributed by atoms with Crippen LogP contribution in [-0.2, 0) is 0 Å². The SMILES string of the molecule is O=C(O)c1cc(=O)c(OCCCCOc2ccc(Cl)c(Cl)c2)co1. The second-order valence-electron chi connectivity index (χ2n) is 4.76. The van der Waals surface area contributed by atoms with Crippen molar-refractivity contribution in [2.45, 2.75) is 12.8 Å². The van der Waals surface area contributed by atoms with Crippen molar-refractivity contribution in [3.8, 4) is 11.5 Å². The average Bonchev–Trinajstić information content (AvgIpc) is 2.55. The van der Waals surface area contributed by atoms with Gasteiger partial charge in [0.15, 0.2) is 0 Å². The molecule has 0 spiro atoms. The number of aromatic carboxylic acids is 1. The van der Waals surface area contributed by atoms with Gasteiger partial charge in [0.25, 0.3) is 0 Å². The molecule has 0 amide bonds. The van der Waals surface area contributed by atoms with Crippen LogP contribution >= 0.6 is 23.2 Å². The molecule has 24 heavy (non-hydrogen) atoms. The number of carboxylic acids is 1. The maximum absolute atomic E-state index is 11.6. The summed E-state index contributed by atoms with van der Waals surface area (Å²) in [7, 11) is 0. The summed E-state index contributed by atoms with van der Waals surface area (Å²) in [5.74, 6) is -1.14. The number of hydrogen-bond donors (Lipinski definition) is 1. The van der Waals surface area contributed by atoms with E-state index in [0.717, 1.165) is 12.3 Å². The largest absolute Gasteiger partial charge is 0.494 e. The van der Waals surface area contributed by atoms with Crippen LogP contribution in [0.2, 0.25) is 10.0 Å². The van der Waals surface area contributed by atoms with Gasteiger partial charge >= 0.3 is 5.97 Å². The zero-order valence-corrected chi connectivity index (χ0v) is 14.0. The highest BCUT2D eigenvalue weighted by Crippen LogP contribution is 2.26. The van der Waals surface area contributed by atoms with Gasteiger partial charge < -0.3 is 19.0 Å². The van der Waals surface area contributed by atoms with Crippen molar-refractivity contribution < 1.29 is 23.8 Å². The number of rotatable bonds is 8. The summed E-state index contributed by atoms with van der Waals surface area (Å²) < 4.78 is 15.6. The lowest BCUT2D eigenvalue weighted by Gasteiger charge is -2.08. The molecule has 8 heteroatoms. The van der Waals surface area contributed by atoms with Crippen LogP contribution in [0.25, 0.3) is 0 Å². The van der Waals surface area contributed by atoms with E-state index >= 15 is 0 Å². The van der Waals surface area contributed by atoms with Crippen LogP contribution in [-0.4, -0.2) is 24.3 Å². The van der Waals surface area contributed by atoms with E-state index < -0.39 is 17.2 Å². The minimum atomic E-state index is -1.31. The van der Waals surface area contributed by atoms with Gasteiger partial charge in [0.1, 0.15) is 12.0 Å². The van der Waals surface area contributed by atoms with E-state index in [1.54, 1.807) is 18.2 Å². The molecule has 0 fully saturated rings. The molecule has 1 aromatic heterocycles. The van der Waals surface area contributed by atoms with Crippen LogP contribution in [0.4, 0.5) is 0 Å². The third kappa shape index (κ3) is 5.18. The van der Waals surface area contributed by atoms with Crippen LogP contribution in [0.15, 0.2) is 39.7 Å². The molecule has 0 unspecified atom stereocenters. The fourth-order valence-corrected chi connectivity index (χ4v) is 2.05. The van der Waals surface area contributed by atoms with Crippen LogP contribution < -0.4 is 14.9 Å². The summed E-state index contributed by atoms with van der Waals surface area (Å²) in [6, 6.07) is 5.89. The van der Waals surface area contributed by atoms with Gasteiger partial charge in [-0.1, -0.05) is 23.2 Å². The van der Waals surface area contributed by atoms with Gasteiger partial charge in [-0.2, -0.15) is 0 Å². The summed E-state index contributed by atoms with van der Waals surface area (Å²) in [5.41, 5.74) is -0.536. The van der Waals surface area contributed by atoms with Crippen molar-refractivity contribution in [1.82, 2.24) is 0 Å². The van der Waals surface area contributed by atoms with Gasteiger partial charge in [-0.3, -0.25) is 4.79 Å². The summed E-state index contributed by atoms with van der Waals surface area (Å²) in [4.78, 5) is 22.3. The quantitative estimate of drug-likeness (QED) is 0.707. The number of ether oxygens (including phenoxy) is 2. The Morgan fingerprint density at radius 3 is 2.42 bits per heavy atom. The number of benzene rings is 1. The van der Waals surface area contributed by atoms with Crippen molar-refractivity contribution in [1.29, 1.82) is 0 Å². The maximum Gasteiger partial charge on any atom is 0.371 e.